The lowest BCUT2D eigenvalue weighted by atomic mass is 9.91. The first kappa shape index (κ1) is 18.8. The Hall–Kier alpha value is -2.22. The number of hydrogen-bond acceptors (Lipinski definition) is 5. The Morgan fingerprint density at radius 2 is 1.87 bits per heavy atom. The van der Waals surface area contributed by atoms with Crippen molar-refractivity contribution >= 4 is 23.8 Å². The normalized spacial score (nSPS) is 17.7. The lowest BCUT2D eigenvalue weighted by molar-refractivity contribution is -0.143. The summed E-state index contributed by atoms with van der Waals surface area (Å²) in [5.41, 5.74) is 5.08. The van der Waals surface area contributed by atoms with Gasteiger partial charge in [0.05, 0.1) is 0 Å². The SMILES string of the molecule is C=CCN1C(=O)C(=O)N(CC(=O)NC(C)(CN)CC(C)C)C1=O. The standard InChI is InChI=1S/C15H24N4O4/c1-5-6-18-12(21)13(22)19(14(18)23)8-11(20)17-15(4,9-16)7-10(2)3/h5,10H,1,6-9,16H2,2-4H3,(H,17,20). The van der Waals surface area contributed by atoms with Gasteiger partial charge >= 0.3 is 17.8 Å². The van der Waals surface area contributed by atoms with Gasteiger partial charge in [0.25, 0.3) is 0 Å². The van der Waals surface area contributed by atoms with E-state index in [4.69, 9.17) is 5.73 Å². The molecule has 0 aromatic heterocycles. The van der Waals surface area contributed by atoms with Crippen LogP contribution in [0.25, 0.3) is 0 Å². The van der Waals surface area contributed by atoms with Crippen LogP contribution in [0.15, 0.2) is 12.7 Å². The zero-order valence-electron chi connectivity index (χ0n) is 13.8. The highest BCUT2D eigenvalue weighted by atomic mass is 16.2. The van der Waals surface area contributed by atoms with Gasteiger partial charge in [0.15, 0.2) is 0 Å². The quantitative estimate of drug-likeness (QED) is 0.366. The molecule has 1 fully saturated rings. The Morgan fingerprint density at radius 1 is 1.30 bits per heavy atom. The molecule has 128 valence electrons. The van der Waals surface area contributed by atoms with E-state index < -0.39 is 35.8 Å². The molecule has 1 rings (SSSR count). The Morgan fingerprint density at radius 3 is 2.35 bits per heavy atom. The van der Waals surface area contributed by atoms with E-state index in [1.54, 1.807) is 6.92 Å². The molecule has 0 bridgehead atoms. The van der Waals surface area contributed by atoms with Gasteiger partial charge in [0, 0.05) is 18.6 Å². The molecular weight excluding hydrogens is 300 g/mol. The number of carbonyl (C=O) groups is 4. The monoisotopic (exact) mass is 324 g/mol. The van der Waals surface area contributed by atoms with Gasteiger partial charge in [-0.15, -0.1) is 6.58 Å². The topological polar surface area (TPSA) is 113 Å². The lowest BCUT2D eigenvalue weighted by Gasteiger charge is -2.31. The average molecular weight is 324 g/mol. The summed E-state index contributed by atoms with van der Waals surface area (Å²) in [4.78, 5) is 49.1. The predicted molar refractivity (Wildman–Crippen MR) is 84.1 cm³/mol. The third kappa shape index (κ3) is 4.38. The van der Waals surface area contributed by atoms with Crippen molar-refractivity contribution in [1.82, 2.24) is 15.1 Å². The van der Waals surface area contributed by atoms with Gasteiger partial charge in [-0.2, -0.15) is 0 Å². The number of urea groups is 1. The summed E-state index contributed by atoms with van der Waals surface area (Å²) in [6.07, 6.45) is 1.99. The number of hydrogen-bond donors (Lipinski definition) is 2. The van der Waals surface area contributed by atoms with Crippen molar-refractivity contribution in [1.29, 1.82) is 0 Å². The Bertz CT molecular complexity index is 532. The van der Waals surface area contributed by atoms with E-state index in [9.17, 15) is 19.2 Å². The molecule has 0 spiro atoms. The maximum atomic E-state index is 12.2. The van der Waals surface area contributed by atoms with E-state index in [-0.39, 0.29) is 13.1 Å². The summed E-state index contributed by atoms with van der Waals surface area (Å²) in [5.74, 6) is -2.19. The van der Waals surface area contributed by atoms with E-state index in [2.05, 4.69) is 11.9 Å². The number of nitrogens with two attached hydrogens (primary N) is 1. The first-order chi connectivity index (χ1) is 10.6. The number of nitrogens with one attached hydrogen (secondary N) is 1. The molecule has 1 atom stereocenters. The van der Waals surface area contributed by atoms with E-state index in [0.717, 1.165) is 4.90 Å². The minimum Gasteiger partial charge on any atom is -0.348 e. The third-order valence-corrected chi connectivity index (χ3v) is 3.50. The average Bonchev–Trinajstić information content (AvgIpc) is 2.64. The Kier molecular flexibility index (Phi) is 6.03. The smallest absolute Gasteiger partial charge is 0.335 e. The third-order valence-electron chi connectivity index (χ3n) is 3.50. The molecule has 23 heavy (non-hydrogen) atoms. The van der Waals surface area contributed by atoms with Crippen molar-refractivity contribution in [2.24, 2.45) is 11.7 Å². The molecular formula is C15H24N4O4. The van der Waals surface area contributed by atoms with Crippen LogP contribution >= 0.6 is 0 Å². The number of rotatable bonds is 8. The van der Waals surface area contributed by atoms with Gasteiger partial charge in [0.2, 0.25) is 5.91 Å². The molecule has 0 saturated carbocycles. The zero-order chi connectivity index (χ0) is 17.8. The van der Waals surface area contributed by atoms with Crippen LogP contribution in [0.4, 0.5) is 4.79 Å². The molecule has 0 aliphatic carbocycles. The molecule has 5 amide bonds. The van der Waals surface area contributed by atoms with Crippen molar-refractivity contribution in [2.75, 3.05) is 19.6 Å². The molecule has 1 heterocycles. The van der Waals surface area contributed by atoms with Crippen molar-refractivity contribution in [3.05, 3.63) is 12.7 Å². The highest BCUT2D eigenvalue weighted by molar-refractivity contribution is 6.45. The fourth-order valence-corrected chi connectivity index (χ4v) is 2.59. The Balaban J connectivity index is 2.77. The fourth-order valence-electron chi connectivity index (χ4n) is 2.59. The molecule has 1 saturated heterocycles. The van der Waals surface area contributed by atoms with Crippen molar-refractivity contribution < 1.29 is 19.2 Å². The summed E-state index contributed by atoms with van der Waals surface area (Å²) in [6, 6.07) is -0.812. The van der Waals surface area contributed by atoms with Crippen molar-refractivity contribution in [3.8, 4) is 0 Å². The second-order valence-corrected chi connectivity index (χ2v) is 6.29. The van der Waals surface area contributed by atoms with E-state index >= 15 is 0 Å². The Labute approximate surface area is 135 Å². The molecule has 1 aliphatic rings. The number of imide groups is 2. The number of amides is 5. The molecule has 1 aliphatic heterocycles. The van der Waals surface area contributed by atoms with E-state index in [1.807, 2.05) is 13.8 Å². The summed E-state index contributed by atoms with van der Waals surface area (Å²) in [5, 5.41) is 2.74. The van der Waals surface area contributed by atoms with E-state index in [0.29, 0.717) is 17.2 Å². The maximum Gasteiger partial charge on any atom is 0.335 e. The van der Waals surface area contributed by atoms with Crippen LogP contribution in [-0.4, -0.2) is 58.7 Å². The van der Waals surface area contributed by atoms with Crippen LogP contribution in [0.1, 0.15) is 27.2 Å². The van der Waals surface area contributed by atoms with E-state index in [1.165, 1.54) is 6.08 Å². The van der Waals surface area contributed by atoms with Gasteiger partial charge in [-0.25, -0.2) is 9.69 Å². The molecule has 8 heteroatoms. The first-order valence-electron chi connectivity index (χ1n) is 7.44. The minimum absolute atomic E-state index is 0.0740. The lowest BCUT2D eigenvalue weighted by Crippen LogP contribution is -2.55. The second-order valence-electron chi connectivity index (χ2n) is 6.29. The molecule has 3 N–H and O–H groups in total. The van der Waals surface area contributed by atoms with Gasteiger partial charge in [0.1, 0.15) is 6.54 Å². The first-order valence-corrected chi connectivity index (χ1v) is 7.44. The molecule has 0 aromatic carbocycles. The van der Waals surface area contributed by atoms with Crippen LogP contribution in [0.5, 0.6) is 0 Å². The second kappa shape index (κ2) is 7.36. The van der Waals surface area contributed by atoms with Gasteiger partial charge in [-0.05, 0) is 19.3 Å². The predicted octanol–water partition coefficient (Wildman–Crippen LogP) is -0.157. The van der Waals surface area contributed by atoms with Crippen LogP contribution in [0.2, 0.25) is 0 Å². The molecule has 0 aromatic rings. The van der Waals surface area contributed by atoms with Crippen LogP contribution < -0.4 is 11.1 Å². The van der Waals surface area contributed by atoms with Crippen LogP contribution in [0.3, 0.4) is 0 Å². The number of nitrogens with zero attached hydrogens (tertiary/aromatic N) is 2. The summed E-state index contributed by atoms with van der Waals surface area (Å²) in [6.45, 7) is 8.86. The molecule has 0 radical (unpaired) electrons. The fraction of sp³-hybridized carbons (Fsp3) is 0.600. The van der Waals surface area contributed by atoms with Gasteiger partial charge in [-0.3, -0.25) is 19.3 Å². The number of carbonyl (C=O) groups excluding carboxylic acids is 4. The minimum atomic E-state index is -1.01. The van der Waals surface area contributed by atoms with Gasteiger partial charge in [-0.1, -0.05) is 19.9 Å². The van der Waals surface area contributed by atoms with Crippen LogP contribution in [0, 0.1) is 5.92 Å². The summed E-state index contributed by atoms with van der Waals surface area (Å²) in [7, 11) is 0. The highest BCUT2D eigenvalue weighted by Crippen LogP contribution is 2.16. The van der Waals surface area contributed by atoms with Gasteiger partial charge < -0.3 is 11.1 Å². The summed E-state index contributed by atoms with van der Waals surface area (Å²) >= 11 is 0. The maximum absolute atomic E-state index is 12.2. The largest absolute Gasteiger partial charge is 0.348 e. The molecule has 8 nitrogen and oxygen atoms in total. The van der Waals surface area contributed by atoms with Crippen molar-refractivity contribution in [2.45, 2.75) is 32.7 Å². The zero-order valence-corrected chi connectivity index (χ0v) is 13.8. The molecule has 1 unspecified atom stereocenters. The highest BCUT2D eigenvalue weighted by Gasteiger charge is 2.44. The van der Waals surface area contributed by atoms with Crippen molar-refractivity contribution in [3.63, 3.8) is 0 Å². The summed E-state index contributed by atoms with van der Waals surface area (Å²) < 4.78 is 0. The van der Waals surface area contributed by atoms with Crippen LogP contribution in [-0.2, 0) is 14.4 Å².